The highest BCUT2D eigenvalue weighted by Gasteiger charge is 2.60. The molecule has 20 heavy (non-hydrogen) atoms. The van der Waals surface area contributed by atoms with Gasteiger partial charge in [-0.05, 0) is 30.2 Å². The molecule has 0 bridgehead atoms. The van der Waals surface area contributed by atoms with Crippen LogP contribution in [-0.4, -0.2) is 20.8 Å². The fourth-order valence-electron chi connectivity index (χ4n) is 4.88. The summed E-state index contributed by atoms with van der Waals surface area (Å²) in [4.78, 5) is 4.33. The highest BCUT2D eigenvalue weighted by molar-refractivity contribution is 5.69. The number of aromatic nitrogens is 2. The minimum absolute atomic E-state index is 0.151. The van der Waals surface area contributed by atoms with Gasteiger partial charge in [-0.1, -0.05) is 30.7 Å². The first-order valence-corrected chi connectivity index (χ1v) is 7.59. The van der Waals surface area contributed by atoms with Crippen molar-refractivity contribution in [2.45, 2.75) is 37.8 Å². The molecule has 0 amide bonds. The van der Waals surface area contributed by atoms with Gasteiger partial charge in [-0.25, -0.2) is 4.98 Å². The Morgan fingerprint density at radius 2 is 2.10 bits per heavy atom. The van der Waals surface area contributed by atoms with Crippen molar-refractivity contribution in [2.75, 3.05) is 0 Å². The second-order valence-electron chi connectivity index (χ2n) is 6.73. The van der Waals surface area contributed by atoms with Crippen molar-refractivity contribution in [3.05, 3.63) is 42.4 Å². The third-order valence-corrected chi connectivity index (χ3v) is 5.95. The lowest BCUT2D eigenvalue weighted by atomic mass is 9.46. The van der Waals surface area contributed by atoms with Crippen molar-refractivity contribution in [1.29, 1.82) is 0 Å². The highest BCUT2D eigenvalue weighted by atomic mass is 16.3. The van der Waals surface area contributed by atoms with Gasteiger partial charge in [-0.15, -0.1) is 0 Å². The number of nitrogens with zero attached hydrogens (tertiary/aromatic N) is 2. The Balaban J connectivity index is 1.68. The molecule has 2 aliphatic carbocycles. The largest absolute Gasteiger partial charge is 0.393 e. The van der Waals surface area contributed by atoms with E-state index in [4.69, 9.17) is 0 Å². The summed E-state index contributed by atoms with van der Waals surface area (Å²) in [6.07, 6.45) is 8.65. The van der Waals surface area contributed by atoms with Crippen molar-refractivity contribution in [3.63, 3.8) is 0 Å². The molecule has 2 fully saturated rings. The zero-order chi connectivity index (χ0) is 13.3. The van der Waals surface area contributed by atoms with Crippen LogP contribution in [0, 0.1) is 11.3 Å². The predicted molar refractivity (Wildman–Crippen MR) is 76.2 cm³/mol. The SMILES string of the molecule is O[C@@H]1CC2(CCC2)[C@@H]1[C@@H]1c2ccccc2-c2cncn21. The van der Waals surface area contributed by atoms with E-state index in [0.717, 1.165) is 6.42 Å². The number of rotatable bonds is 1. The fraction of sp³-hybridized carbons (Fsp3) is 0.471. The number of aliphatic hydroxyl groups is 1. The molecule has 0 saturated heterocycles. The van der Waals surface area contributed by atoms with Gasteiger partial charge in [0.25, 0.3) is 0 Å². The number of imidazole rings is 1. The van der Waals surface area contributed by atoms with Crippen molar-refractivity contribution in [1.82, 2.24) is 9.55 Å². The lowest BCUT2D eigenvalue weighted by molar-refractivity contribution is -0.165. The van der Waals surface area contributed by atoms with Gasteiger partial charge >= 0.3 is 0 Å². The normalized spacial score (nSPS) is 32.4. The van der Waals surface area contributed by atoms with Crippen LogP contribution in [0.25, 0.3) is 11.3 Å². The zero-order valence-corrected chi connectivity index (χ0v) is 11.4. The van der Waals surface area contributed by atoms with E-state index in [1.807, 2.05) is 12.5 Å². The molecule has 2 saturated carbocycles. The van der Waals surface area contributed by atoms with E-state index >= 15 is 0 Å². The maximum Gasteiger partial charge on any atom is 0.0956 e. The number of hydrogen-bond acceptors (Lipinski definition) is 2. The first-order chi connectivity index (χ1) is 9.80. The average molecular weight is 266 g/mol. The van der Waals surface area contributed by atoms with Gasteiger partial charge in [-0.3, -0.25) is 0 Å². The molecule has 102 valence electrons. The minimum Gasteiger partial charge on any atom is -0.393 e. The maximum atomic E-state index is 10.4. The molecule has 0 radical (unpaired) electrons. The van der Waals surface area contributed by atoms with Crippen molar-refractivity contribution in [3.8, 4) is 11.3 Å². The van der Waals surface area contributed by atoms with E-state index in [1.54, 1.807) is 0 Å². The van der Waals surface area contributed by atoms with E-state index in [2.05, 4.69) is 33.8 Å². The topological polar surface area (TPSA) is 38.1 Å². The lowest BCUT2D eigenvalue weighted by Gasteiger charge is -2.61. The van der Waals surface area contributed by atoms with Gasteiger partial charge in [0.1, 0.15) is 0 Å². The molecule has 5 rings (SSSR count). The van der Waals surface area contributed by atoms with Crippen LogP contribution >= 0.6 is 0 Å². The van der Waals surface area contributed by atoms with Crippen LogP contribution in [0.4, 0.5) is 0 Å². The van der Waals surface area contributed by atoms with Gasteiger partial charge in [0, 0.05) is 11.5 Å². The molecular formula is C17H18N2O. The van der Waals surface area contributed by atoms with Crippen molar-refractivity contribution < 1.29 is 5.11 Å². The Bertz CT molecular complexity index is 686. The number of aliphatic hydroxyl groups excluding tert-OH is 1. The summed E-state index contributed by atoms with van der Waals surface area (Å²) in [7, 11) is 0. The van der Waals surface area contributed by atoms with Crippen LogP contribution < -0.4 is 0 Å². The smallest absolute Gasteiger partial charge is 0.0956 e. The number of fused-ring (bicyclic) bond motifs is 3. The Hall–Kier alpha value is -1.61. The summed E-state index contributed by atoms with van der Waals surface area (Å²) in [5, 5.41) is 10.4. The molecular weight excluding hydrogens is 248 g/mol. The summed E-state index contributed by atoms with van der Waals surface area (Å²) in [5.41, 5.74) is 4.28. The highest BCUT2D eigenvalue weighted by Crippen LogP contribution is 2.65. The monoisotopic (exact) mass is 266 g/mol. The second-order valence-corrected chi connectivity index (χ2v) is 6.73. The molecule has 3 atom stereocenters. The summed E-state index contributed by atoms with van der Waals surface area (Å²) in [5.74, 6) is 0.368. The van der Waals surface area contributed by atoms with Gasteiger partial charge < -0.3 is 9.67 Å². The van der Waals surface area contributed by atoms with Crippen LogP contribution in [0.1, 0.15) is 37.3 Å². The van der Waals surface area contributed by atoms with Gasteiger partial charge in [-0.2, -0.15) is 0 Å². The molecule has 3 heteroatoms. The van der Waals surface area contributed by atoms with E-state index < -0.39 is 0 Å². The molecule has 0 unspecified atom stereocenters. The molecule has 2 heterocycles. The van der Waals surface area contributed by atoms with E-state index in [-0.39, 0.29) is 12.1 Å². The standard InChI is InChI=1S/C17H18N2O/c20-14-8-17(6-3-7-17)15(14)16-12-5-2-1-4-11(12)13-9-18-10-19(13)16/h1-2,4-5,9-10,14-16,20H,3,6-8H2/t14-,15+,16+/m1/s1. The predicted octanol–water partition coefficient (Wildman–Crippen LogP) is 3.00. The maximum absolute atomic E-state index is 10.4. The summed E-state index contributed by atoms with van der Waals surface area (Å²) < 4.78 is 2.29. The van der Waals surface area contributed by atoms with E-state index in [9.17, 15) is 5.11 Å². The van der Waals surface area contributed by atoms with Crippen LogP contribution in [0.2, 0.25) is 0 Å². The first kappa shape index (κ1) is 11.1. The molecule has 2 aromatic rings. The lowest BCUT2D eigenvalue weighted by Crippen LogP contribution is -2.58. The Morgan fingerprint density at radius 1 is 1.25 bits per heavy atom. The van der Waals surface area contributed by atoms with Gasteiger partial charge in [0.05, 0.1) is 30.4 Å². The quantitative estimate of drug-likeness (QED) is 0.861. The fourth-order valence-corrected chi connectivity index (χ4v) is 4.88. The first-order valence-electron chi connectivity index (χ1n) is 7.59. The van der Waals surface area contributed by atoms with Crippen molar-refractivity contribution in [2.24, 2.45) is 11.3 Å². The van der Waals surface area contributed by atoms with Gasteiger partial charge in [0.15, 0.2) is 0 Å². The average Bonchev–Trinajstić information content (AvgIpc) is 2.97. The van der Waals surface area contributed by atoms with Crippen molar-refractivity contribution >= 4 is 0 Å². The molecule has 1 N–H and O–H groups in total. The molecule has 1 aromatic carbocycles. The van der Waals surface area contributed by atoms with Gasteiger partial charge in [0.2, 0.25) is 0 Å². The second kappa shape index (κ2) is 3.53. The number of benzene rings is 1. The Kier molecular flexibility index (Phi) is 1.96. The summed E-state index contributed by atoms with van der Waals surface area (Å²) in [6, 6.07) is 8.90. The van der Waals surface area contributed by atoms with E-state index in [0.29, 0.717) is 11.3 Å². The third kappa shape index (κ3) is 1.14. The number of hydrogen-bond donors (Lipinski definition) is 1. The Morgan fingerprint density at radius 3 is 2.85 bits per heavy atom. The minimum atomic E-state index is -0.151. The van der Waals surface area contributed by atoms with Crippen LogP contribution in [0.3, 0.4) is 0 Å². The van der Waals surface area contributed by atoms with E-state index in [1.165, 1.54) is 36.1 Å². The molecule has 1 aliphatic heterocycles. The van der Waals surface area contributed by atoms with Crippen LogP contribution in [0.15, 0.2) is 36.8 Å². The molecule has 1 spiro atoms. The Labute approximate surface area is 118 Å². The zero-order valence-electron chi connectivity index (χ0n) is 11.4. The summed E-state index contributed by atoms with van der Waals surface area (Å²) in [6.45, 7) is 0. The van der Waals surface area contributed by atoms with Crippen LogP contribution in [-0.2, 0) is 0 Å². The molecule has 3 aliphatic rings. The third-order valence-electron chi connectivity index (χ3n) is 5.95. The molecule has 1 aromatic heterocycles. The summed E-state index contributed by atoms with van der Waals surface area (Å²) >= 11 is 0. The molecule has 3 nitrogen and oxygen atoms in total. The van der Waals surface area contributed by atoms with Crippen LogP contribution in [0.5, 0.6) is 0 Å².